The van der Waals surface area contributed by atoms with Gasteiger partial charge in [0, 0.05) is 6.42 Å². The predicted molar refractivity (Wildman–Crippen MR) is 45.2 cm³/mol. The van der Waals surface area contributed by atoms with Crippen LogP contribution in [0.2, 0.25) is 0 Å². The lowest BCUT2D eigenvalue weighted by molar-refractivity contribution is -0.120. The average Bonchev–Trinajstić information content (AvgIpc) is 1.99. The molecule has 0 rings (SSSR count). The van der Waals surface area contributed by atoms with Crippen molar-refractivity contribution in [1.29, 1.82) is 0 Å². The zero-order valence-corrected chi connectivity index (χ0v) is 7.17. The molecule has 3 amide bonds. The first-order valence-electron chi connectivity index (χ1n) is 3.85. The SMILES string of the molecule is CC(CN)CCC(=O)NC(N)=O. The van der Waals surface area contributed by atoms with Gasteiger partial charge in [-0.15, -0.1) is 0 Å². The number of nitrogens with one attached hydrogen (secondary N) is 1. The molecular weight excluding hydrogens is 158 g/mol. The van der Waals surface area contributed by atoms with E-state index in [1.54, 1.807) is 0 Å². The summed E-state index contributed by atoms with van der Waals surface area (Å²) in [5, 5.41) is 1.98. The zero-order chi connectivity index (χ0) is 9.56. The maximum Gasteiger partial charge on any atom is 0.318 e. The Kier molecular flexibility index (Phi) is 5.03. The van der Waals surface area contributed by atoms with Gasteiger partial charge in [0.2, 0.25) is 5.91 Å². The first-order chi connectivity index (χ1) is 5.56. The summed E-state index contributed by atoms with van der Waals surface area (Å²) in [6.45, 7) is 2.49. The average molecular weight is 173 g/mol. The second kappa shape index (κ2) is 5.54. The van der Waals surface area contributed by atoms with E-state index in [1.165, 1.54) is 0 Å². The molecule has 1 unspecified atom stereocenters. The van der Waals surface area contributed by atoms with Gasteiger partial charge >= 0.3 is 6.03 Å². The third-order valence-electron chi connectivity index (χ3n) is 1.53. The number of urea groups is 1. The van der Waals surface area contributed by atoms with Crippen LogP contribution in [0.4, 0.5) is 4.79 Å². The lowest BCUT2D eigenvalue weighted by Crippen LogP contribution is -2.35. The van der Waals surface area contributed by atoms with Crippen molar-refractivity contribution in [2.24, 2.45) is 17.4 Å². The van der Waals surface area contributed by atoms with E-state index >= 15 is 0 Å². The number of hydrogen-bond acceptors (Lipinski definition) is 3. The van der Waals surface area contributed by atoms with E-state index in [2.05, 4.69) is 0 Å². The highest BCUT2D eigenvalue weighted by Crippen LogP contribution is 2.02. The first kappa shape index (κ1) is 10.9. The third kappa shape index (κ3) is 5.67. The topological polar surface area (TPSA) is 98.2 Å². The van der Waals surface area contributed by atoms with Crippen molar-refractivity contribution in [3.8, 4) is 0 Å². The molecule has 0 aliphatic carbocycles. The van der Waals surface area contributed by atoms with Gasteiger partial charge in [-0.05, 0) is 18.9 Å². The summed E-state index contributed by atoms with van der Waals surface area (Å²) >= 11 is 0. The molecule has 5 nitrogen and oxygen atoms in total. The summed E-state index contributed by atoms with van der Waals surface area (Å²) in [5.41, 5.74) is 10.1. The highest BCUT2D eigenvalue weighted by molar-refractivity contribution is 5.93. The minimum absolute atomic E-state index is 0.293. The molecule has 0 radical (unpaired) electrons. The fourth-order valence-electron chi connectivity index (χ4n) is 0.695. The second-order valence-electron chi connectivity index (χ2n) is 2.79. The Balaban J connectivity index is 3.50. The van der Waals surface area contributed by atoms with E-state index in [1.807, 2.05) is 12.2 Å². The maximum atomic E-state index is 10.8. The largest absolute Gasteiger partial charge is 0.351 e. The van der Waals surface area contributed by atoms with Crippen LogP contribution in [0.5, 0.6) is 0 Å². The van der Waals surface area contributed by atoms with Gasteiger partial charge in [-0.2, -0.15) is 0 Å². The number of nitrogens with two attached hydrogens (primary N) is 2. The Morgan fingerprint density at radius 1 is 1.50 bits per heavy atom. The van der Waals surface area contributed by atoms with Crippen LogP contribution >= 0.6 is 0 Å². The molecule has 0 aliphatic heterocycles. The van der Waals surface area contributed by atoms with Crippen LogP contribution in [-0.4, -0.2) is 18.5 Å². The lowest BCUT2D eigenvalue weighted by atomic mass is 10.1. The molecule has 0 fully saturated rings. The number of amides is 3. The van der Waals surface area contributed by atoms with Crippen molar-refractivity contribution in [2.45, 2.75) is 19.8 Å². The molecule has 1 atom stereocenters. The van der Waals surface area contributed by atoms with Crippen molar-refractivity contribution in [1.82, 2.24) is 5.32 Å². The van der Waals surface area contributed by atoms with E-state index in [9.17, 15) is 9.59 Å². The van der Waals surface area contributed by atoms with Gasteiger partial charge in [0.15, 0.2) is 0 Å². The van der Waals surface area contributed by atoms with Crippen LogP contribution in [0.3, 0.4) is 0 Å². The van der Waals surface area contributed by atoms with Crippen LogP contribution in [0.1, 0.15) is 19.8 Å². The summed E-state index contributed by atoms with van der Waals surface area (Å²) in [6, 6.07) is -0.805. The normalized spacial score (nSPS) is 12.2. The Bertz CT molecular complexity index is 170. The summed E-state index contributed by atoms with van der Waals surface area (Å²) in [7, 11) is 0. The van der Waals surface area contributed by atoms with Crippen LogP contribution in [0.15, 0.2) is 0 Å². The quantitative estimate of drug-likeness (QED) is 0.537. The standard InChI is InChI=1S/C7H15N3O2/c1-5(4-8)2-3-6(11)10-7(9)12/h5H,2-4,8H2,1H3,(H3,9,10,11,12). The van der Waals surface area contributed by atoms with Gasteiger partial charge in [-0.1, -0.05) is 6.92 Å². The van der Waals surface area contributed by atoms with Crippen molar-refractivity contribution in [3.05, 3.63) is 0 Å². The zero-order valence-electron chi connectivity index (χ0n) is 7.17. The molecule has 0 saturated carbocycles. The van der Waals surface area contributed by atoms with E-state index < -0.39 is 6.03 Å². The molecule has 0 bridgehead atoms. The maximum absolute atomic E-state index is 10.8. The van der Waals surface area contributed by atoms with E-state index in [0.717, 1.165) is 0 Å². The second-order valence-corrected chi connectivity index (χ2v) is 2.79. The molecule has 0 aromatic rings. The van der Waals surface area contributed by atoms with Crippen LogP contribution in [0, 0.1) is 5.92 Å². The third-order valence-corrected chi connectivity index (χ3v) is 1.53. The number of carbonyl (C=O) groups is 2. The summed E-state index contributed by atoms with van der Waals surface area (Å²) in [6.07, 6.45) is 0.969. The summed E-state index contributed by atoms with van der Waals surface area (Å²) in [5.74, 6) is -0.0496. The molecule has 70 valence electrons. The molecule has 0 spiro atoms. The fourth-order valence-corrected chi connectivity index (χ4v) is 0.695. The minimum Gasteiger partial charge on any atom is -0.351 e. The number of primary amides is 1. The number of hydrogen-bond donors (Lipinski definition) is 3. The summed E-state index contributed by atoms with van der Waals surface area (Å²) in [4.78, 5) is 21.0. The van der Waals surface area contributed by atoms with Gasteiger partial charge in [0.05, 0.1) is 0 Å². The molecule has 5 N–H and O–H groups in total. The van der Waals surface area contributed by atoms with E-state index in [0.29, 0.717) is 25.3 Å². The van der Waals surface area contributed by atoms with Crippen molar-refractivity contribution in [2.75, 3.05) is 6.54 Å². The van der Waals surface area contributed by atoms with E-state index in [4.69, 9.17) is 11.5 Å². The Labute approximate surface area is 71.5 Å². The van der Waals surface area contributed by atoms with Gasteiger partial charge in [0.1, 0.15) is 0 Å². The Morgan fingerprint density at radius 2 is 2.08 bits per heavy atom. The van der Waals surface area contributed by atoms with E-state index in [-0.39, 0.29) is 5.91 Å². The highest BCUT2D eigenvalue weighted by atomic mass is 16.2. The minimum atomic E-state index is -0.805. The molecular formula is C7H15N3O2. The smallest absolute Gasteiger partial charge is 0.318 e. The number of carbonyl (C=O) groups excluding carboxylic acids is 2. The lowest BCUT2D eigenvalue weighted by Gasteiger charge is -2.06. The molecule has 0 heterocycles. The summed E-state index contributed by atoms with van der Waals surface area (Å²) < 4.78 is 0. The van der Waals surface area contributed by atoms with Gasteiger partial charge < -0.3 is 11.5 Å². The highest BCUT2D eigenvalue weighted by Gasteiger charge is 2.06. The molecule has 0 saturated heterocycles. The molecule has 0 aromatic carbocycles. The number of rotatable bonds is 4. The van der Waals surface area contributed by atoms with Crippen molar-refractivity contribution in [3.63, 3.8) is 0 Å². The van der Waals surface area contributed by atoms with Gasteiger partial charge in [-0.25, -0.2) is 4.79 Å². The van der Waals surface area contributed by atoms with Crippen LogP contribution in [-0.2, 0) is 4.79 Å². The predicted octanol–water partition coefficient (Wildman–Crippen LogP) is -0.444. The van der Waals surface area contributed by atoms with Crippen LogP contribution in [0.25, 0.3) is 0 Å². The first-order valence-corrected chi connectivity index (χ1v) is 3.85. The molecule has 12 heavy (non-hydrogen) atoms. The van der Waals surface area contributed by atoms with Crippen molar-refractivity contribution >= 4 is 11.9 Å². The molecule has 0 aromatic heterocycles. The Hall–Kier alpha value is -1.10. The molecule has 5 heteroatoms. The monoisotopic (exact) mass is 173 g/mol. The number of imide groups is 1. The Morgan fingerprint density at radius 3 is 2.50 bits per heavy atom. The van der Waals surface area contributed by atoms with Gasteiger partial charge in [-0.3, -0.25) is 10.1 Å². The molecule has 0 aliphatic rings. The fraction of sp³-hybridized carbons (Fsp3) is 0.714. The van der Waals surface area contributed by atoms with Gasteiger partial charge in [0.25, 0.3) is 0 Å². The van der Waals surface area contributed by atoms with Crippen molar-refractivity contribution < 1.29 is 9.59 Å². The van der Waals surface area contributed by atoms with Crippen LogP contribution < -0.4 is 16.8 Å².